The van der Waals surface area contributed by atoms with Gasteiger partial charge in [0.25, 0.3) is 11.8 Å². The van der Waals surface area contributed by atoms with Crippen LogP contribution < -0.4 is 20.3 Å². The third-order valence-corrected chi connectivity index (χ3v) is 9.83. The first-order valence-corrected chi connectivity index (χ1v) is 18.0. The lowest BCUT2D eigenvalue weighted by Crippen LogP contribution is -2.46. The molecule has 0 aliphatic carbocycles. The molecule has 0 spiro atoms. The number of hydrogen-bond donors (Lipinski definition) is 2. The maximum absolute atomic E-state index is 13.3. The maximum atomic E-state index is 13.3. The van der Waals surface area contributed by atoms with E-state index in [1.54, 1.807) is 18.4 Å². The average molecular weight is 722 g/mol. The highest BCUT2D eigenvalue weighted by atomic mass is 32.2. The molecule has 2 N–H and O–H groups in total. The van der Waals surface area contributed by atoms with Crippen LogP contribution in [-0.4, -0.2) is 90.3 Å². The number of rotatable bonds is 10. The quantitative estimate of drug-likeness (QED) is 0.207. The van der Waals surface area contributed by atoms with Crippen LogP contribution in [0, 0.1) is 0 Å². The molecule has 6 rings (SSSR count). The first-order chi connectivity index (χ1) is 24.5. The van der Waals surface area contributed by atoms with E-state index >= 15 is 0 Å². The number of anilines is 3. The molecule has 2 fully saturated rings. The fourth-order valence-electron chi connectivity index (χ4n) is 5.99. The number of benzene rings is 4. The van der Waals surface area contributed by atoms with E-state index in [9.17, 15) is 27.0 Å². The topological polar surface area (TPSA) is 103 Å². The number of ether oxygens (including phenoxy) is 2. The Morgan fingerprint density at radius 3 is 1.92 bits per heavy atom. The van der Waals surface area contributed by atoms with Gasteiger partial charge in [0.05, 0.1) is 24.2 Å². The summed E-state index contributed by atoms with van der Waals surface area (Å²) >= 11 is 0. The minimum atomic E-state index is -4.96. The van der Waals surface area contributed by atoms with Crippen LogP contribution in [0.2, 0.25) is 0 Å². The van der Waals surface area contributed by atoms with Crippen molar-refractivity contribution in [1.29, 1.82) is 0 Å². The Morgan fingerprint density at radius 2 is 1.33 bits per heavy atom. The Labute approximate surface area is 296 Å². The van der Waals surface area contributed by atoms with Crippen LogP contribution in [0.5, 0.6) is 5.75 Å². The van der Waals surface area contributed by atoms with E-state index < -0.39 is 34.9 Å². The molecular weight excluding hydrogens is 683 g/mol. The molecule has 2 aliphatic heterocycles. The smallest absolute Gasteiger partial charge is 0.405 e. The van der Waals surface area contributed by atoms with Crippen LogP contribution in [0.1, 0.15) is 26.3 Å². The number of carbonyl (C=O) groups excluding carboxylic acids is 2. The highest BCUT2D eigenvalue weighted by molar-refractivity contribution is 7.81. The molecule has 4 aromatic rings. The van der Waals surface area contributed by atoms with E-state index in [4.69, 9.17) is 4.74 Å². The predicted molar refractivity (Wildman–Crippen MR) is 191 cm³/mol. The average Bonchev–Trinajstić information content (AvgIpc) is 3.13. The number of piperazine rings is 1. The van der Waals surface area contributed by atoms with Gasteiger partial charge in [-0.1, -0.05) is 24.3 Å². The zero-order valence-electron chi connectivity index (χ0n) is 27.9. The van der Waals surface area contributed by atoms with Crippen LogP contribution in [0.3, 0.4) is 0 Å². The van der Waals surface area contributed by atoms with Crippen LogP contribution in [0.4, 0.5) is 30.2 Å². The minimum absolute atomic E-state index is 0.0366. The molecule has 268 valence electrons. The van der Waals surface area contributed by atoms with Gasteiger partial charge in [-0.2, -0.15) is 0 Å². The van der Waals surface area contributed by atoms with Crippen molar-refractivity contribution in [2.75, 3.05) is 74.3 Å². The lowest BCUT2D eigenvalue weighted by atomic mass is 10.00. The molecule has 10 nitrogen and oxygen atoms in total. The molecule has 0 saturated carbocycles. The molecule has 0 bridgehead atoms. The summed E-state index contributed by atoms with van der Waals surface area (Å²) in [5.74, 6) is -1.38. The molecule has 4 aromatic carbocycles. The van der Waals surface area contributed by atoms with Crippen molar-refractivity contribution >= 4 is 39.9 Å². The lowest BCUT2D eigenvalue weighted by molar-refractivity contribution is -0.274. The fourth-order valence-corrected chi connectivity index (χ4v) is 6.67. The van der Waals surface area contributed by atoms with Crippen molar-refractivity contribution < 1.29 is 36.4 Å². The molecule has 2 amide bonds. The van der Waals surface area contributed by atoms with Crippen molar-refractivity contribution in [3.63, 3.8) is 0 Å². The summed E-state index contributed by atoms with van der Waals surface area (Å²) in [5, 5.41) is 5.65. The van der Waals surface area contributed by atoms with Crippen molar-refractivity contribution in [3.05, 3.63) is 108 Å². The maximum Gasteiger partial charge on any atom is 0.573 e. The molecule has 51 heavy (non-hydrogen) atoms. The largest absolute Gasteiger partial charge is 0.573 e. The zero-order valence-corrected chi connectivity index (χ0v) is 28.8. The monoisotopic (exact) mass is 721 g/mol. The van der Waals surface area contributed by atoms with Crippen molar-refractivity contribution in [2.45, 2.75) is 12.9 Å². The van der Waals surface area contributed by atoms with Crippen molar-refractivity contribution in [1.82, 2.24) is 9.21 Å². The molecule has 1 atom stereocenters. The normalized spacial score (nSPS) is 16.4. The number of morpholine rings is 1. The van der Waals surface area contributed by atoms with Gasteiger partial charge in [0.1, 0.15) is 5.75 Å². The highest BCUT2D eigenvalue weighted by Crippen LogP contribution is 2.35. The van der Waals surface area contributed by atoms with Crippen LogP contribution in [0.15, 0.2) is 91.0 Å². The molecule has 1 unspecified atom stereocenters. The van der Waals surface area contributed by atoms with E-state index in [1.807, 2.05) is 40.7 Å². The zero-order chi connectivity index (χ0) is 36.0. The van der Waals surface area contributed by atoms with Crippen molar-refractivity contribution in [3.8, 4) is 16.9 Å². The summed E-state index contributed by atoms with van der Waals surface area (Å²) in [4.78, 5) is 30.7. The summed E-state index contributed by atoms with van der Waals surface area (Å²) < 4.78 is 63.3. The number of nitrogens with zero attached hydrogens (tertiary/aromatic N) is 3. The number of nitrogens with one attached hydrogen (secondary N) is 2. The van der Waals surface area contributed by atoms with Gasteiger partial charge in [-0.25, -0.2) is 8.51 Å². The number of amides is 2. The predicted octanol–water partition coefficient (Wildman–Crippen LogP) is 6.00. The Balaban J connectivity index is 1.11. The van der Waals surface area contributed by atoms with Gasteiger partial charge >= 0.3 is 6.36 Å². The number of hydrogen-bond acceptors (Lipinski definition) is 7. The van der Waals surface area contributed by atoms with Gasteiger partial charge in [-0.05, 0) is 77.9 Å². The van der Waals surface area contributed by atoms with Gasteiger partial charge in [-0.15, -0.1) is 13.2 Å². The molecule has 0 aromatic heterocycles. The second kappa shape index (κ2) is 16.1. The first kappa shape index (κ1) is 36.0. The third kappa shape index (κ3) is 9.73. The van der Waals surface area contributed by atoms with Gasteiger partial charge in [-0.3, -0.25) is 14.5 Å². The molecular formula is C37H38F3N5O5S. The number of halogens is 3. The molecule has 2 heterocycles. The lowest BCUT2D eigenvalue weighted by Gasteiger charge is -2.33. The van der Waals surface area contributed by atoms with Gasteiger partial charge in [0.2, 0.25) is 0 Å². The molecule has 0 radical (unpaired) electrons. The number of alkyl halides is 3. The van der Waals surface area contributed by atoms with E-state index in [1.165, 1.54) is 36.4 Å². The fraction of sp³-hybridized carbons (Fsp3) is 0.297. The summed E-state index contributed by atoms with van der Waals surface area (Å²) in [7, 11) is -0.963. The summed E-state index contributed by atoms with van der Waals surface area (Å²) in [6.07, 6.45) is -3.27. The van der Waals surface area contributed by atoms with Crippen LogP contribution in [0.25, 0.3) is 11.1 Å². The SMILES string of the molecule is CS(=O)N1CCN(Cc2ccc(NC(=O)c3ccc(-c4cc(C(=O)Nc5ccc(N6CCOCC6)cc5)ccc4OC(F)(F)F)cc3)cc2)CC1. The van der Waals surface area contributed by atoms with Gasteiger partial charge < -0.3 is 25.0 Å². The molecule has 2 aliphatic rings. The summed E-state index contributed by atoms with van der Waals surface area (Å²) in [6.45, 7) is 6.70. The van der Waals surface area contributed by atoms with Crippen LogP contribution >= 0.6 is 0 Å². The van der Waals surface area contributed by atoms with Gasteiger partial charge in [0, 0.05) is 85.8 Å². The molecule has 2 saturated heterocycles. The molecule has 14 heteroatoms. The first-order valence-electron chi connectivity index (χ1n) is 16.5. The second-order valence-corrected chi connectivity index (χ2v) is 13.6. The van der Waals surface area contributed by atoms with E-state index in [-0.39, 0.29) is 11.1 Å². The second-order valence-electron chi connectivity index (χ2n) is 12.2. The number of carbonyl (C=O) groups is 2. The van der Waals surface area contributed by atoms with E-state index in [0.717, 1.165) is 63.1 Å². The third-order valence-electron chi connectivity index (χ3n) is 8.74. The Hall–Kier alpha value is -4.76. The van der Waals surface area contributed by atoms with E-state index in [0.29, 0.717) is 35.7 Å². The minimum Gasteiger partial charge on any atom is -0.405 e. The Morgan fingerprint density at radius 1 is 0.765 bits per heavy atom. The Bertz CT molecular complexity index is 1840. The highest BCUT2D eigenvalue weighted by Gasteiger charge is 2.32. The van der Waals surface area contributed by atoms with E-state index in [2.05, 4.69) is 25.2 Å². The Kier molecular flexibility index (Phi) is 11.4. The van der Waals surface area contributed by atoms with Crippen LogP contribution in [-0.2, 0) is 22.3 Å². The van der Waals surface area contributed by atoms with Gasteiger partial charge in [0.15, 0.2) is 0 Å². The summed E-state index contributed by atoms with van der Waals surface area (Å²) in [5.41, 5.74) is 3.98. The summed E-state index contributed by atoms with van der Waals surface area (Å²) in [6, 6.07) is 24.6. The standard InChI is InChI=1S/C37H38F3N5O5S/c1-51(48)45-18-16-43(17-19-45)25-26-2-9-30(10-3-26)41-35(46)28-6-4-27(5-7-28)33-24-29(8-15-34(33)50-37(38,39)40)36(47)42-31-11-13-32(14-12-31)44-20-22-49-23-21-44/h2-15,24H,16-23,25H2,1H3,(H,41,46)(H,42,47). The van der Waals surface area contributed by atoms with Crippen molar-refractivity contribution in [2.24, 2.45) is 0 Å².